The van der Waals surface area contributed by atoms with E-state index in [1.165, 1.54) is 38.5 Å². The molecule has 3 rings (SSSR count). The Morgan fingerprint density at radius 1 is 0.693 bits per heavy atom. The van der Waals surface area contributed by atoms with Crippen LogP contribution in [0.5, 0.6) is 0 Å². The number of aliphatic hydroxyl groups excluding tert-OH is 11. The largest absolute Gasteiger partial charge is 0.477 e. The van der Waals surface area contributed by atoms with Gasteiger partial charge in [-0.05, 0) is 38.5 Å². The topological polar surface area (TPSA) is 373 Å². The van der Waals surface area contributed by atoms with Crippen molar-refractivity contribution >= 4 is 17.8 Å². The van der Waals surface area contributed by atoms with Gasteiger partial charge in [0.15, 0.2) is 12.6 Å². The molecular weight excluding hydrogens is 989 g/mol. The van der Waals surface area contributed by atoms with Crippen LogP contribution in [0, 0.1) is 0 Å². The van der Waals surface area contributed by atoms with Crippen LogP contribution in [0.4, 0.5) is 0 Å². The maximum atomic E-state index is 13.2. The third kappa shape index (κ3) is 21.4. The molecule has 23 heteroatoms. The van der Waals surface area contributed by atoms with Crippen molar-refractivity contribution in [2.24, 2.45) is 0 Å². The van der Waals surface area contributed by atoms with Gasteiger partial charge < -0.3 is 100 Å². The fourth-order valence-corrected chi connectivity index (χ4v) is 9.39. The second-order valence-corrected chi connectivity index (χ2v) is 20.1. The highest BCUT2D eigenvalue weighted by atomic mass is 16.8. The number of allylic oxidation sites excluding steroid dienone is 3. The van der Waals surface area contributed by atoms with E-state index in [0.717, 1.165) is 71.1 Å². The van der Waals surface area contributed by atoms with Gasteiger partial charge in [0.05, 0.1) is 50.7 Å². The summed E-state index contributed by atoms with van der Waals surface area (Å²) in [6, 6.07) is -2.62. The molecule has 75 heavy (non-hydrogen) atoms. The van der Waals surface area contributed by atoms with Gasteiger partial charge >= 0.3 is 5.97 Å². The Morgan fingerprint density at radius 3 is 1.85 bits per heavy atom. The van der Waals surface area contributed by atoms with E-state index < -0.39 is 155 Å². The van der Waals surface area contributed by atoms with E-state index >= 15 is 0 Å². The quantitative estimate of drug-likeness (QED) is 0.0292. The molecule has 3 aliphatic rings. The highest BCUT2D eigenvalue weighted by Crippen LogP contribution is 2.38. The molecule has 0 aromatic rings. The van der Waals surface area contributed by atoms with Crippen molar-refractivity contribution in [3.05, 3.63) is 24.3 Å². The van der Waals surface area contributed by atoms with Crippen molar-refractivity contribution < 1.29 is 104 Å². The zero-order valence-electron chi connectivity index (χ0n) is 44.1. The number of hydrogen-bond donors (Lipinski definition) is 14. The summed E-state index contributed by atoms with van der Waals surface area (Å²) in [5.41, 5.74) is 0. The first kappa shape index (κ1) is 66.5. The summed E-state index contributed by atoms with van der Waals surface area (Å²) in [5.74, 6) is -6.16. The van der Waals surface area contributed by atoms with E-state index in [1.54, 1.807) is 6.08 Å². The Hall–Kier alpha value is -2.79. The van der Waals surface area contributed by atoms with Crippen molar-refractivity contribution in [2.45, 2.75) is 259 Å². The maximum absolute atomic E-state index is 13.2. The van der Waals surface area contributed by atoms with E-state index in [0.29, 0.717) is 12.8 Å². The lowest BCUT2D eigenvalue weighted by Gasteiger charge is -2.50. The van der Waals surface area contributed by atoms with Gasteiger partial charge in [0.1, 0.15) is 67.1 Å². The van der Waals surface area contributed by atoms with Crippen molar-refractivity contribution in [2.75, 3.05) is 26.4 Å². The van der Waals surface area contributed by atoms with Crippen LogP contribution in [0.3, 0.4) is 0 Å². The number of carbonyl (C=O) groups excluding carboxylic acids is 2. The summed E-state index contributed by atoms with van der Waals surface area (Å²) in [7, 11) is 0. The van der Waals surface area contributed by atoms with E-state index in [2.05, 4.69) is 36.6 Å². The summed E-state index contributed by atoms with van der Waals surface area (Å²) in [6.45, 7) is 1.98. The van der Waals surface area contributed by atoms with Gasteiger partial charge in [0, 0.05) is 19.8 Å². The van der Waals surface area contributed by atoms with Crippen LogP contribution in [0.2, 0.25) is 0 Å². The molecular formula is C52H92N2O21. The van der Waals surface area contributed by atoms with Crippen molar-refractivity contribution in [1.82, 2.24) is 10.6 Å². The molecule has 0 bridgehead atoms. The summed E-state index contributed by atoms with van der Waals surface area (Å²) in [5, 5.41) is 135. The molecule has 436 valence electrons. The molecule has 18 unspecified atom stereocenters. The van der Waals surface area contributed by atoms with E-state index in [9.17, 15) is 75.7 Å². The monoisotopic (exact) mass is 1080 g/mol. The number of rotatable bonds is 37. The molecule has 0 aliphatic carbocycles. The third-order valence-corrected chi connectivity index (χ3v) is 13.9. The first-order valence-electron chi connectivity index (χ1n) is 27.2. The van der Waals surface area contributed by atoms with Crippen LogP contribution in [-0.2, 0) is 42.8 Å². The average Bonchev–Trinajstić information content (AvgIpc) is 3.38. The minimum absolute atomic E-state index is 0.188. The van der Waals surface area contributed by atoms with Crippen LogP contribution < -0.4 is 10.6 Å². The third-order valence-electron chi connectivity index (χ3n) is 13.9. The van der Waals surface area contributed by atoms with Gasteiger partial charge in [0.2, 0.25) is 11.8 Å². The molecule has 0 spiro atoms. The van der Waals surface area contributed by atoms with Crippen molar-refractivity contribution in [3.63, 3.8) is 0 Å². The molecule has 3 heterocycles. The van der Waals surface area contributed by atoms with Gasteiger partial charge in [-0.2, -0.15) is 0 Å². The van der Waals surface area contributed by atoms with Gasteiger partial charge in [-0.25, -0.2) is 4.79 Å². The van der Waals surface area contributed by atoms with Gasteiger partial charge in [-0.15, -0.1) is 0 Å². The molecule has 3 saturated heterocycles. The molecule has 0 saturated carbocycles. The number of aliphatic hydroxyl groups is 11. The Kier molecular flexibility index (Phi) is 31.6. The Morgan fingerprint density at radius 2 is 1.27 bits per heavy atom. The lowest BCUT2D eigenvalue weighted by atomic mass is 9.88. The highest BCUT2D eigenvalue weighted by Gasteiger charge is 2.60. The van der Waals surface area contributed by atoms with Crippen LogP contribution in [0.25, 0.3) is 0 Å². The summed E-state index contributed by atoms with van der Waals surface area (Å²) < 4.78 is 34.5. The van der Waals surface area contributed by atoms with E-state index in [-0.39, 0.29) is 12.3 Å². The van der Waals surface area contributed by atoms with E-state index in [4.69, 9.17) is 28.4 Å². The lowest BCUT2D eigenvalue weighted by molar-refractivity contribution is -0.386. The summed E-state index contributed by atoms with van der Waals surface area (Å²) in [4.78, 5) is 38.2. The Bertz CT molecular complexity index is 1660. The SMILES string of the molecule is CCCC/C=C\CCCCCCCC(=O)NC(COC1OC(CO)C(OC2OC(CO)C(O)C(OC3(C(=O)O)CC(O)C(NC(C)=O)C(C(O)C(O)CO)O3)C2O)C(O)C1O)C(O)/C=C/CCCCCCCCCC. The predicted molar refractivity (Wildman–Crippen MR) is 269 cm³/mol. The van der Waals surface area contributed by atoms with Crippen molar-refractivity contribution in [3.8, 4) is 0 Å². The number of nitrogens with one attached hydrogen (secondary N) is 2. The summed E-state index contributed by atoms with van der Waals surface area (Å²) >= 11 is 0. The molecule has 14 N–H and O–H groups in total. The van der Waals surface area contributed by atoms with Crippen LogP contribution in [0.15, 0.2) is 24.3 Å². The standard InChI is InChI=1S/C52H92N2O21/c1-4-6-8-10-12-14-16-18-20-22-24-26-39(62)54-33(34(59)25-23-21-19-17-15-13-11-9-7-5-2)31-70-49-44(66)43(65)46(38(30-57)72-49)73-50-45(67)48(42(64)37(29-56)71-50)75-52(51(68)69)27-35(60)40(53-32(3)58)47(74-52)41(63)36(61)28-55/h10,12,23,25,33-38,40-50,55-57,59-61,63-67H,4-9,11,13-22,24,26-31H2,1-3H3,(H,53,58)(H,54,62)(H,68,69)/b12-10-,25-23+. The molecule has 0 aromatic carbocycles. The van der Waals surface area contributed by atoms with Gasteiger partial charge in [-0.1, -0.05) is 115 Å². The fourth-order valence-electron chi connectivity index (χ4n) is 9.39. The molecule has 23 nitrogen and oxygen atoms in total. The highest BCUT2D eigenvalue weighted by molar-refractivity contribution is 5.77. The van der Waals surface area contributed by atoms with Gasteiger partial charge in [-0.3, -0.25) is 9.59 Å². The molecule has 3 aliphatic heterocycles. The molecule has 18 atom stereocenters. The number of ether oxygens (including phenoxy) is 6. The lowest BCUT2D eigenvalue weighted by Crippen LogP contribution is -2.70. The number of carbonyl (C=O) groups is 3. The van der Waals surface area contributed by atoms with Crippen LogP contribution in [0.1, 0.15) is 149 Å². The minimum Gasteiger partial charge on any atom is -0.477 e. The minimum atomic E-state index is -3.08. The number of amides is 2. The predicted octanol–water partition coefficient (Wildman–Crippen LogP) is 0.211. The molecule has 0 aromatic heterocycles. The molecule has 3 fully saturated rings. The second-order valence-electron chi connectivity index (χ2n) is 20.1. The summed E-state index contributed by atoms with van der Waals surface area (Å²) in [6.07, 6.45) is -2.77. The zero-order chi connectivity index (χ0) is 55.5. The zero-order valence-corrected chi connectivity index (χ0v) is 44.1. The average molecular weight is 1080 g/mol. The first-order chi connectivity index (χ1) is 35.9. The molecule has 2 amide bonds. The van der Waals surface area contributed by atoms with Gasteiger partial charge in [0.25, 0.3) is 5.79 Å². The smallest absolute Gasteiger partial charge is 0.364 e. The Balaban J connectivity index is 1.73. The second kappa shape index (κ2) is 35.7. The number of carboxylic acid groups (broad SMARTS) is 1. The number of unbranched alkanes of at least 4 members (excludes halogenated alkanes) is 15. The Labute approximate surface area is 441 Å². The number of aliphatic carboxylic acids is 1. The van der Waals surface area contributed by atoms with Crippen molar-refractivity contribution in [1.29, 1.82) is 0 Å². The number of carboxylic acids is 1. The van der Waals surface area contributed by atoms with E-state index in [1.807, 2.05) is 6.08 Å². The van der Waals surface area contributed by atoms with Crippen LogP contribution in [-0.4, -0.2) is 215 Å². The first-order valence-corrected chi connectivity index (χ1v) is 27.2. The normalized spacial score (nSPS) is 32.1. The number of hydrogen-bond acceptors (Lipinski definition) is 20. The maximum Gasteiger partial charge on any atom is 0.364 e. The molecule has 0 radical (unpaired) electrons. The fraction of sp³-hybridized carbons (Fsp3) is 0.865. The van der Waals surface area contributed by atoms with Crippen LogP contribution >= 0.6 is 0 Å².